The minimum Gasteiger partial charge on any atom is -0.490 e. The number of ether oxygens (including phenoxy) is 1. The van der Waals surface area contributed by atoms with Crippen LogP contribution in [0.1, 0.15) is 20.3 Å². The zero-order valence-corrected chi connectivity index (χ0v) is 12.5. The number of halogens is 1. The van der Waals surface area contributed by atoms with Gasteiger partial charge < -0.3 is 15.4 Å². The summed E-state index contributed by atoms with van der Waals surface area (Å²) in [4.78, 5) is 2.04. The van der Waals surface area contributed by atoms with Crippen LogP contribution in [-0.2, 0) is 0 Å². The highest BCUT2D eigenvalue weighted by molar-refractivity contribution is 5.76. The van der Waals surface area contributed by atoms with E-state index in [1.165, 1.54) is 6.07 Å². The van der Waals surface area contributed by atoms with Gasteiger partial charge in [0, 0.05) is 24.4 Å². The number of benzene rings is 2. The Morgan fingerprint density at radius 3 is 2.48 bits per heavy atom. The average Bonchev–Trinajstić information content (AvgIpc) is 2.50. The molecule has 0 spiro atoms. The molecule has 0 fully saturated rings. The first-order chi connectivity index (χ1) is 10.2. The fourth-order valence-corrected chi connectivity index (χ4v) is 2.21. The maximum atomic E-state index is 13.9. The average molecular weight is 288 g/mol. The lowest BCUT2D eigenvalue weighted by molar-refractivity contribution is 0.301. The summed E-state index contributed by atoms with van der Waals surface area (Å²) in [7, 11) is 0. The first kappa shape index (κ1) is 15.2. The lowest BCUT2D eigenvalue weighted by atomic mass is 10.2. The molecule has 0 atom stereocenters. The van der Waals surface area contributed by atoms with E-state index < -0.39 is 5.82 Å². The smallest absolute Gasteiger partial charge is 0.167 e. The highest BCUT2D eigenvalue weighted by atomic mass is 19.1. The largest absolute Gasteiger partial charge is 0.490 e. The first-order valence-electron chi connectivity index (χ1n) is 7.21. The third-order valence-corrected chi connectivity index (χ3v) is 3.22. The van der Waals surface area contributed by atoms with E-state index in [4.69, 9.17) is 10.5 Å². The fraction of sp³-hybridized carbons (Fsp3) is 0.294. The number of nitrogen functional groups attached to an aromatic ring is 1. The van der Waals surface area contributed by atoms with E-state index in [-0.39, 0.29) is 5.75 Å². The molecule has 0 aliphatic heterocycles. The number of rotatable bonds is 6. The van der Waals surface area contributed by atoms with Crippen molar-refractivity contribution in [3.05, 3.63) is 48.3 Å². The Hall–Kier alpha value is -2.23. The van der Waals surface area contributed by atoms with Crippen molar-refractivity contribution < 1.29 is 9.13 Å². The molecule has 112 valence electrons. The number of nitrogens with zero attached hydrogens (tertiary/aromatic N) is 1. The minimum absolute atomic E-state index is 0.246. The third kappa shape index (κ3) is 3.45. The number of hydrogen-bond acceptors (Lipinski definition) is 3. The summed E-state index contributed by atoms with van der Waals surface area (Å²) >= 11 is 0. The van der Waals surface area contributed by atoms with Crippen molar-refractivity contribution in [2.24, 2.45) is 0 Å². The quantitative estimate of drug-likeness (QED) is 0.803. The summed E-state index contributed by atoms with van der Waals surface area (Å²) in [6, 6.07) is 12.9. The van der Waals surface area contributed by atoms with Crippen molar-refractivity contribution in [2.45, 2.75) is 20.3 Å². The Morgan fingerprint density at radius 1 is 1.14 bits per heavy atom. The molecule has 4 heteroatoms. The summed E-state index contributed by atoms with van der Waals surface area (Å²) in [6.07, 6.45) is 0.829. The van der Waals surface area contributed by atoms with Gasteiger partial charge in [0.25, 0.3) is 0 Å². The molecule has 21 heavy (non-hydrogen) atoms. The molecule has 0 aliphatic carbocycles. The molecule has 0 heterocycles. The molecule has 2 aromatic carbocycles. The molecule has 0 aromatic heterocycles. The highest BCUT2D eigenvalue weighted by Crippen LogP contribution is 2.35. The van der Waals surface area contributed by atoms with Crippen LogP contribution < -0.4 is 15.4 Å². The van der Waals surface area contributed by atoms with Gasteiger partial charge in [0.05, 0.1) is 18.0 Å². The molecule has 0 saturated heterocycles. The van der Waals surface area contributed by atoms with Crippen LogP contribution in [-0.4, -0.2) is 13.2 Å². The van der Waals surface area contributed by atoms with Crippen molar-refractivity contribution in [3.8, 4) is 5.75 Å². The Kier molecular flexibility index (Phi) is 5.04. The molecule has 0 unspecified atom stereocenters. The number of nitrogens with two attached hydrogens (primary N) is 1. The van der Waals surface area contributed by atoms with Gasteiger partial charge in [-0.2, -0.15) is 0 Å². The standard InChI is InChI=1S/C17H21FN2O/c1-3-10-21-17-12-16(15(19)11-14(17)18)20(4-2)13-8-6-5-7-9-13/h5-9,11-12H,3-4,10,19H2,1-2H3. The maximum Gasteiger partial charge on any atom is 0.167 e. The van der Waals surface area contributed by atoms with E-state index in [0.29, 0.717) is 12.3 Å². The molecular formula is C17H21FN2O. The van der Waals surface area contributed by atoms with Crippen molar-refractivity contribution in [1.82, 2.24) is 0 Å². The number of hydrogen-bond donors (Lipinski definition) is 1. The van der Waals surface area contributed by atoms with Crippen LogP contribution in [0.2, 0.25) is 0 Å². The van der Waals surface area contributed by atoms with Gasteiger partial charge in [-0.25, -0.2) is 4.39 Å². The second-order valence-electron chi connectivity index (χ2n) is 4.77. The van der Waals surface area contributed by atoms with Gasteiger partial charge in [-0.1, -0.05) is 25.1 Å². The van der Waals surface area contributed by atoms with Crippen molar-refractivity contribution >= 4 is 17.1 Å². The monoisotopic (exact) mass is 288 g/mol. The Balaban J connectivity index is 2.41. The second-order valence-corrected chi connectivity index (χ2v) is 4.77. The van der Waals surface area contributed by atoms with Gasteiger partial charge in [0.1, 0.15) is 0 Å². The van der Waals surface area contributed by atoms with E-state index >= 15 is 0 Å². The molecule has 0 amide bonds. The summed E-state index contributed by atoms with van der Waals surface area (Å²) in [5.74, 6) is -0.177. The van der Waals surface area contributed by atoms with E-state index in [1.54, 1.807) is 6.07 Å². The van der Waals surface area contributed by atoms with E-state index in [1.807, 2.05) is 49.1 Å². The van der Waals surface area contributed by atoms with E-state index in [0.717, 1.165) is 24.3 Å². The third-order valence-electron chi connectivity index (χ3n) is 3.22. The molecule has 3 nitrogen and oxygen atoms in total. The molecule has 2 N–H and O–H groups in total. The number of para-hydroxylation sites is 1. The minimum atomic E-state index is -0.422. The summed E-state index contributed by atoms with van der Waals surface area (Å²) in [6.45, 7) is 5.23. The molecule has 2 aromatic rings. The number of anilines is 3. The van der Waals surface area contributed by atoms with Crippen LogP contribution in [0.15, 0.2) is 42.5 Å². The van der Waals surface area contributed by atoms with E-state index in [9.17, 15) is 4.39 Å². The van der Waals surface area contributed by atoms with Gasteiger partial charge in [-0.05, 0) is 25.5 Å². The van der Waals surface area contributed by atoms with Gasteiger partial charge >= 0.3 is 0 Å². The zero-order chi connectivity index (χ0) is 15.2. The summed E-state index contributed by atoms with van der Waals surface area (Å²) in [5, 5.41) is 0. The molecule has 2 rings (SSSR count). The van der Waals surface area contributed by atoms with E-state index in [2.05, 4.69) is 0 Å². The van der Waals surface area contributed by atoms with Crippen LogP contribution in [0.4, 0.5) is 21.5 Å². The van der Waals surface area contributed by atoms with Crippen molar-refractivity contribution in [3.63, 3.8) is 0 Å². The van der Waals surface area contributed by atoms with Crippen molar-refractivity contribution in [1.29, 1.82) is 0 Å². The Morgan fingerprint density at radius 2 is 1.86 bits per heavy atom. The first-order valence-corrected chi connectivity index (χ1v) is 7.21. The molecule has 0 aliphatic rings. The zero-order valence-electron chi connectivity index (χ0n) is 12.5. The Bertz CT molecular complexity index is 587. The predicted molar refractivity (Wildman–Crippen MR) is 85.7 cm³/mol. The van der Waals surface area contributed by atoms with Crippen LogP contribution in [0.5, 0.6) is 5.75 Å². The lowest BCUT2D eigenvalue weighted by Gasteiger charge is -2.25. The van der Waals surface area contributed by atoms with Crippen LogP contribution in [0.3, 0.4) is 0 Å². The molecular weight excluding hydrogens is 267 g/mol. The SMILES string of the molecule is CCCOc1cc(N(CC)c2ccccc2)c(N)cc1F. The summed E-state index contributed by atoms with van der Waals surface area (Å²) < 4.78 is 19.4. The molecule has 0 saturated carbocycles. The summed E-state index contributed by atoms with van der Waals surface area (Å²) in [5.41, 5.74) is 8.17. The molecule has 0 bridgehead atoms. The topological polar surface area (TPSA) is 38.5 Å². The van der Waals surface area contributed by atoms with Gasteiger partial charge in [-0.15, -0.1) is 0 Å². The van der Waals surface area contributed by atoms with Crippen LogP contribution in [0.25, 0.3) is 0 Å². The predicted octanol–water partition coefficient (Wildman–Crippen LogP) is 4.35. The Labute approximate surface area is 125 Å². The van der Waals surface area contributed by atoms with Gasteiger partial charge in [0.2, 0.25) is 0 Å². The van der Waals surface area contributed by atoms with Crippen LogP contribution in [0, 0.1) is 5.82 Å². The highest BCUT2D eigenvalue weighted by Gasteiger charge is 2.15. The normalized spacial score (nSPS) is 10.4. The second kappa shape index (κ2) is 6.97. The van der Waals surface area contributed by atoms with Crippen molar-refractivity contribution in [2.75, 3.05) is 23.8 Å². The van der Waals surface area contributed by atoms with Crippen LogP contribution >= 0.6 is 0 Å². The fourth-order valence-electron chi connectivity index (χ4n) is 2.21. The lowest BCUT2D eigenvalue weighted by Crippen LogP contribution is -2.18. The molecule has 0 radical (unpaired) electrons. The van der Waals surface area contributed by atoms with Gasteiger partial charge in [0.15, 0.2) is 11.6 Å². The maximum absolute atomic E-state index is 13.9. The van der Waals surface area contributed by atoms with Gasteiger partial charge in [-0.3, -0.25) is 0 Å².